The second-order valence-electron chi connectivity index (χ2n) is 10.2. The van der Waals surface area contributed by atoms with Crippen LogP contribution >= 0.6 is 22.7 Å². The molecule has 1 aliphatic rings. The van der Waals surface area contributed by atoms with Gasteiger partial charge in [-0.2, -0.15) is 5.10 Å². The summed E-state index contributed by atoms with van der Waals surface area (Å²) >= 11 is 2.68. The van der Waals surface area contributed by atoms with Gasteiger partial charge < -0.3 is 5.11 Å². The first kappa shape index (κ1) is 29.1. The molecule has 0 amide bonds. The van der Waals surface area contributed by atoms with Gasteiger partial charge in [0.2, 0.25) is 5.13 Å². The van der Waals surface area contributed by atoms with E-state index in [1.807, 2.05) is 19.1 Å². The highest BCUT2D eigenvalue weighted by molar-refractivity contribution is 7.82. The Morgan fingerprint density at radius 3 is 2.60 bits per heavy atom. The Morgan fingerprint density at radius 1 is 1.14 bits per heavy atom. The van der Waals surface area contributed by atoms with Gasteiger partial charge in [-0.15, -0.1) is 22.7 Å². The van der Waals surface area contributed by atoms with Crippen LogP contribution in [-0.4, -0.2) is 30.0 Å². The van der Waals surface area contributed by atoms with E-state index < -0.39 is 28.6 Å². The van der Waals surface area contributed by atoms with E-state index in [2.05, 4.69) is 16.8 Å². The number of carbonyl (C=O) groups is 1. The first-order valence-corrected chi connectivity index (χ1v) is 16.2. The van der Waals surface area contributed by atoms with E-state index in [4.69, 9.17) is 10.2 Å². The molecule has 7 nitrogen and oxygen atoms in total. The fourth-order valence-electron chi connectivity index (χ4n) is 4.75. The molecule has 1 atom stereocenters. The van der Waals surface area contributed by atoms with Crippen molar-refractivity contribution in [3.05, 3.63) is 103 Å². The Labute approximate surface area is 256 Å². The molecule has 1 unspecified atom stereocenters. The summed E-state index contributed by atoms with van der Waals surface area (Å²) in [5.74, 6) is 4.10. The Morgan fingerprint density at radius 2 is 1.95 bits per heavy atom. The van der Waals surface area contributed by atoms with Gasteiger partial charge in [-0.3, -0.25) is 0 Å². The molecule has 218 valence electrons. The monoisotopic (exact) mass is 634 g/mol. The predicted molar refractivity (Wildman–Crippen MR) is 163 cm³/mol. The maximum absolute atomic E-state index is 14.9. The summed E-state index contributed by atoms with van der Waals surface area (Å²) in [6.45, 7) is 1.98. The number of aromatic carboxylic acids is 1. The number of hydrogen-bond donors (Lipinski definition) is 2. The van der Waals surface area contributed by atoms with Gasteiger partial charge in [0.1, 0.15) is 22.6 Å². The van der Waals surface area contributed by atoms with E-state index in [0.717, 1.165) is 45.2 Å². The van der Waals surface area contributed by atoms with Crippen molar-refractivity contribution in [1.29, 1.82) is 0 Å². The van der Waals surface area contributed by atoms with Crippen molar-refractivity contribution >= 4 is 39.6 Å². The van der Waals surface area contributed by atoms with E-state index in [1.165, 1.54) is 34.9 Å². The first-order valence-electron chi connectivity index (χ1n) is 13.3. The van der Waals surface area contributed by atoms with E-state index in [-0.39, 0.29) is 22.6 Å². The Balaban J connectivity index is 1.51. The van der Waals surface area contributed by atoms with Crippen molar-refractivity contribution < 1.29 is 22.9 Å². The maximum atomic E-state index is 14.9. The minimum atomic E-state index is -1.97. The van der Waals surface area contributed by atoms with Crippen LogP contribution in [0.5, 0.6) is 0 Å². The zero-order valence-corrected chi connectivity index (χ0v) is 25.2. The van der Waals surface area contributed by atoms with Gasteiger partial charge in [-0.1, -0.05) is 17.9 Å². The molecule has 1 saturated carbocycles. The minimum Gasteiger partial charge on any atom is -0.476 e. The molecule has 12 heteroatoms. The summed E-state index contributed by atoms with van der Waals surface area (Å²) in [5.41, 5.74) is 3.45. The molecular weight excluding hydrogens is 611 g/mol. The van der Waals surface area contributed by atoms with Gasteiger partial charge in [0.05, 0.1) is 26.7 Å². The van der Waals surface area contributed by atoms with Gasteiger partial charge in [0.25, 0.3) is 0 Å². The number of halogens is 2. The topological polar surface area (TPSA) is 111 Å². The van der Waals surface area contributed by atoms with Gasteiger partial charge in [0.15, 0.2) is 5.69 Å². The lowest BCUT2D eigenvalue weighted by atomic mass is 9.96. The maximum Gasteiger partial charge on any atom is 0.355 e. The molecule has 3 N–H and O–H groups in total. The van der Waals surface area contributed by atoms with Crippen LogP contribution in [0.1, 0.15) is 55.5 Å². The number of carboxylic acid groups (broad SMARTS) is 1. The molecule has 2 aromatic carbocycles. The number of benzene rings is 2. The third kappa shape index (κ3) is 6.35. The average molecular weight is 635 g/mol. The molecule has 0 spiro atoms. The number of rotatable bonds is 8. The van der Waals surface area contributed by atoms with Crippen LogP contribution < -0.4 is 5.14 Å². The molecule has 43 heavy (non-hydrogen) atoms. The lowest BCUT2D eigenvalue weighted by molar-refractivity contribution is 0.0691. The summed E-state index contributed by atoms with van der Waals surface area (Å²) < 4.78 is 43.1. The standard InChI is InChI=1S/C31H24F2N4O3S3/c1-17-2-8-22(42-17)9-6-20-15-21(7-10-24(20)32)29-23(12-19-5-11-28(43(34)40)25(33)13-19)27(14-18-3-4-18)37(36-29)31-35-26(16-41-31)30(38)39/h2,5,7-8,10-11,13,15-16,18H,3-4,12,14,34H2,1H3,(H,38,39). The molecule has 0 radical (unpaired) electrons. The molecule has 0 aliphatic heterocycles. The summed E-state index contributed by atoms with van der Waals surface area (Å²) in [7, 11) is -1.97. The van der Waals surface area contributed by atoms with Crippen LogP contribution in [0.15, 0.2) is 58.8 Å². The van der Waals surface area contributed by atoms with Crippen molar-refractivity contribution in [1.82, 2.24) is 14.8 Å². The highest BCUT2D eigenvalue weighted by Gasteiger charge is 2.29. The molecule has 1 fully saturated rings. The van der Waals surface area contributed by atoms with Crippen molar-refractivity contribution in [2.24, 2.45) is 11.1 Å². The van der Waals surface area contributed by atoms with Crippen LogP contribution in [0.3, 0.4) is 0 Å². The summed E-state index contributed by atoms with van der Waals surface area (Å²) in [6.07, 6.45) is 3.00. The van der Waals surface area contributed by atoms with Gasteiger partial charge in [-0.25, -0.2) is 32.6 Å². The lowest BCUT2D eigenvalue weighted by Gasteiger charge is -2.10. The Kier molecular flexibility index (Phi) is 8.07. The number of nitrogens with zero attached hydrogens (tertiary/aromatic N) is 3. The van der Waals surface area contributed by atoms with E-state index in [9.17, 15) is 22.9 Å². The fourth-order valence-corrected chi connectivity index (χ4v) is 6.69. The van der Waals surface area contributed by atoms with Gasteiger partial charge in [-0.05, 0) is 80.1 Å². The minimum absolute atomic E-state index is 0.0911. The fraction of sp³-hybridized carbons (Fsp3) is 0.194. The molecule has 5 aromatic rings. The van der Waals surface area contributed by atoms with Crippen molar-refractivity contribution in [3.8, 4) is 28.2 Å². The smallest absolute Gasteiger partial charge is 0.355 e. The Hall–Kier alpha value is -4.02. The van der Waals surface area contributed by atoms with Gasteiger partial charge in [0, 0.05) is 27.8 Å². The predicted octanol–water partition coefficient (Wildman–Crippen LogP) is 6.27. The number of thiazole rings is 1. The molecule has 1 aliphatic carbocycles. The zero-order valence-electron chi connectivity index (χ0n) is 22.8. The number of aryl methyl sites for hydroxylation is 1. The zero-order chi connectivity index (χ0) is 30.2. The average Bonchev–Trinajstić information content (AvgIpc) is 3.32. The van der Waals surface area contributed by atoms with Gasteiger partial charge >= 0.3 is 5.97 Å². The molecule has 3 heterocycles. The second-order valence-corrected chi connectivity index (χ2v) is 13.4. The number of thiophene rings is 1. The van der Waals surface area contributed by atoms with Crippen molar-refractivity contribution in [3.63, 3.8) is 0 Å². The highest BCUT2D eigenvalue weighted by Crippen LogP contribution is 2.38. The van der Waals surface area contributed by atoms with E-state index >= 15 is 0 Å². The molecule has 6 rings (SSSR count). The van der Waals surface area contributed by atoms with E-state index in [1.54, 1.807) is 22.9 Å². The van der Waals surface area contributed by atoms with Crippen LogP contribution in [0.2, 0.25) is 0 Å². The van der Waals surface area contributed by atoms with Crippen LogP contribution in [0.25, 0.3) is 16.4 Å². The molecule has 0 bridgehead atoms. The SMILES string of the molecule is Cc1ccc(C#Cc2cc(-c3nn(-c4nc(C(=O)O)cs4)c(CC4CC4)c3Cc3ccc(S(N)=O)c(F)c3)ccc2F)s1. The summed E-state index contributed by atoms with van der Waals surface area (Å²) in [5, 5.41) is 21.6. The number of nitrogens with two attached hydrogens (primary N) is 1. The second kappa shape index (κ2) is 11.9. The lowest BCUT2D eigenvalue weighted by Crippen LogP contribution is -2.07. The third-order valence-corrected chi connectivity index (χ3v) is 9.55. The highest BCUT2D eigenvalue weighted by atomic mass is 32.2. The number of hydrogen-bond acceptors (Lipinski definition) is 6. The Bertz CT molecular complexity index is 1960. The molecule has 3 aromatic heterocycles. The third-order valence-electron chi connectivity index (χ3n) is 7.06. The van der Waals surface area contributed by atoms with Crippen molar-refractivity contribution in [2.75, 3.05) is 0 Å². The van der Waals surface area contributed by atoms with Crippen LogP contribution in [-0.2, 0) is 23.8 Å². The molecular formula is C31H24F2N4O3S3. The summed E-state index contributed by atoms with van der Waals surface area (Å²) in [6, 6.07) is 12.8. The molecule has 0 saturated heterocycles. The number of aromatic nitrogens is 3. The van der Waals surface area contributed by atoms with E-state index in [0.29, 0.717) is 34.3 Å². The quantitative estimate of drug-likeness (QED) is 0.196. The number of carboxylic acids is 1. The first-order chi connectivity index (χ1) is 20.7. The van der Waals surface area contributed by atoms with Crippen LogP contribution in [0, 0.1) is 36.3 Å². The van der Waals surface area contributed by atoms with Crippen molar-refractivity contribution in [2.45, 2.75) is 37.5 Å². The summed E-state index contributed by atoms with van der Waals surface area (Å²) in [4.78, 5) is 17.7. The van der Waals surface area contributed by atoms with Crippen LogP contribution in [0.4, 0.5) is 8.78 Å². The largest absolute Gasteiger partial charge is 0.476 e. The normalized spacial score (nSPS) is 13.5.